The van der Waals surface area contributed by atoms with E-state index in [9.17, 15) is 0 Å². The van der Waals surface area contributed by atoms with E-state index >= 15 is 9.59 Å². The van der Waals surface area contributed by atoms with Gasteiger partial charge >= 0.3 is 5.97 Å². The Bertz CT molecular complexity index is 2390. The van der Waals surface area contributed by atoms with Gasteiger partial charge in [-0.25, -0.2) is 4.79 Å². The third-order valence-corrected chi connectivity index (χ3v) is 16.9. The number of β-lactam (4-membered cyclic amide) rings is 1. The Morgan fingerprint density at radius 1 is 0.688 bits per heavy atom. The molecule has 0 spiro atoms. The highest BCUT2D eigenvalue weighted by Gasteiger charge is 2.57. The zero-order chi connectivity index (χ0) is 44.4. The summed E-state index contributed by atoms with van der Waals surface area (Å²) in [6.45, 7) is 3.36. The van der Waals surface area contributed by atoms with Gasteiger partial charge in [0.1, 0.15) is 29.0 Å². The summed E-state index contributed by atoms with van der Waals surface area (Å²) >= 11 is 1.53. The molecule has 1 N–H and O–H groups in total. The fourth-order valence-electron chi connectivity index (χ4n) is 8.74. The number of thioether (sulfide) groups is 1. The summed E-state index contributed by atoms with van der Waals surface area (Å²) in [6, 6.07) is 60.4. The van der Waals surface area contributed by atoms with E-state index in [4.69, 9.17) is 14.2 Å². The van der Waals surface area contributed by atoms with Crippen molar-refractivity contribution in [3.05, 3.63) is 199 Å². The van der Waals surface area contributed by atoms with Crippen LogP contribution < -0.4 is 21.2 Å². The molecule has 7 nitrogen and oxygen atoms in total. The maximum atomic E-state index is 15.9. The molecule has 0 bridgehead atoms. The second-order valence-electron chi connectivity index (χ2n) is 16.8. The van der Waals surface area contributed by atoms with Gasteiger partial charge in [0, 0.05) is 13.5 Å². The Morgan fingerprint density at radius 3 is 1.56 bits per heavy atom. The molecule has 2 fully saturated rings. The van der Waals surface area contributed by atoms with E-state index in [0.717, 1.165) is 51.9 Å². The largest absolute Gasteiger partial charge is 0.455 e. The molecule has 3 unspecified atom stereocenters. The highest BCUT2D eigenvalue weighted by molar-refractivity contribution is 8.00. The number of hydrogen-bond donors (Lipinski definition) is 1. The van der Waals surface area contributed by atoms with Gasteiger partial charge in [0.25, 0.3) is 0 Å². The highest BCUT2D eigenvalue weighted by Crippen LogP contribution is 2.50. The molecule has 0 radical (unpaired) electrons. The number of amides is 1. The number of rotatable bonds is 14. The molecular weight excluding hydrogens is 832 g/mol. The van der Waals surface area contributed by atoms with Crippen LogP contribution in [0.3, 0.4) is 0 Å². The lowest BCUT2D eigenvalue weighted by atomic mass is 9.76. The molecule has 1 amide bonds. The lowest BCUT2D eigenvalue weighted by molar-refractivity contribution is -0.154. The van der Waals surface area contributed by atoms with Gasteiger partial charge in [0.05, 0.1) is 11.3 Å². The minimum atomic E-state index is -3.18. The standard InChI is InChI=1S/C55H55N2O5PS/c1-54(2,3)62-53(59)51(63(45-32-16-7-17-33-45,46-34-18-8-19-35-46)47-36-20-9-21-37-47)57-50(58)49(52(57)64-41-25-24-40-61-48-38-22-23-39-60-48)56-55(42-26-10-4-11-27-42,43-28-12-5-13-29-43)44-30-14-6-15-31-44/h4-21,26-37,48-49,52,56H,22-23,38-41H2,1-3H3. The average molecular weight is 887 g/mol. The molecule has 3 atom stereocenters. The van der Waals surface area contributed by atoms with Crippen molar-refractivity contribution < 1.29 is 23.8 Å². The minimum Gasteiger partial charge on any atom is -0.455 e. The Balaban J connectivity index is 1.35. The van der Waals surface area contributed by atoms with Crippen LogP contribution in [0, 0.1) is 11.8 Å². The highest BCUT2D eigenvalue weighted by atomic mass is 32.2. The molecule has 8 rings (SSSR count). The first-order chi connectivity index (χ1) is 31.2. The van der Waals surface area contributed by atoms with Crippen molar-refractivity contribution in [2.24, 2.45) is 0 Å². The van der Waals surface area contributed by atoms with Crippen LogP contribution in [0.1, 0.15) is 56.7 Å². The summed E-state index contributed by atoms with van der Waals surface area (Å²) in [5.74, 6) is 6.13. The van der Waals surface area contributed by atoms with Crippen LogP contribution in [0.25, 0.3) is 0 Å². The molecule has 326 valence electrons. The van der Waals surface area contributed by atoms with Crippen LogP contribution in [0.15, 0.2) is 182 Å². The van der Waals surface area contributed by atoms with E-state index in [1.807, 2.05) is 130 Å². The molecule has 2 heterocycles. The Morgan fingerprint density at radius 2 is 1.14 bits per heavy atom. The van der Waals surface area contributed by atoms with Crippen molar-refractivity contribution in [2.75, 3.05) is 19.0 Å². The number of nitrogens with one attached hydrogen (secondary N) is 1. The first-order valence-electron chi connectivity index (χ1n) is 22.0. The summed E-state index contributed by atoms with van der Waals surface area (Å²) < 4.78 is 18.2. The van der Waals surface area contributed by atoms with Crippen molar-refractivity contribution >= 4 is 51.9 Å². The van der Waals surface area contributed by atoms with E-state index in [0.29, 0.717) is 17.8 Å². The van der Waals surface area contributed by atoms with Crippen LogP contribution in [-0.2, 0) is 29.3 Å². The minimum absolute atomic E-state index is 0.233. The number of carbonyl (C=O) groups excluding carboxylic acids is 2. The molecule has 64 heavy (non-hydrogen) atoms. The van der Waals surface area contributed by atoms with Crippen molar-refractivity contribution in [3.63, 3.8) is 0 Å². The molecule has 2 aliphatic heterocycles. The SMILES string of the molecule is CC(C)(C)OC(=O)C(N1C(=O)C(NC(c2ccccc2)(c2ccccc2)c2ccccc2)C1SCC#CCOC1CCCCO1)=P(c1ccccc1)(c1ccccc1)c1ccccc1. The van der Waals surface area contributed by atoms with Crippen LogP contribution in [0.4, 0.5) is 0 Å². The van der Waals surface area contributed by atoms with Gasteiger partial charge < -0.3 is 14.2 Å². The predicted octanol–water partition coefficient (Wildman–Crippen LogP) is 8.85. The fraction of sp³-hybridized carbons (Fsp3) is 0.255. The van der Waals surface area contributed by atoms with Gasteiger partial charge in [-0.2, -0.15) is 0 Å². The van der Waals surface area contributed by atoms with Crippen LogP contribution >= 0.6 is 18.6 Å². The molecule has 9 heteroatoms. The van der Waals surface area contributed by atoms with Crippen LogP contribution in [0.5, 0.6) is 0 Å². The number of nitrogens with zero attached hydrogens (tertiary/aromatic N) is 1. The maximum absolute atomic E-state index is 15.9. The summed E-state index contributed by atoms with van der Waals surface area (Å²) in [5, 5.41) is 6.18. The van der Waals surface area contributed by atoms with Gasteiger partial charge in [0.15, 0.2) is 6.29 Å². The second kappa shape index (κ2) is 20.5. The Kier molecular flexibility index (Phi) is 14.4. The topological polar surface area (TPSA) is 77.1 Å². The fourth-order valence-corrected chi connectivity index (χ4v) is 14.3. The summed E-state index contributed by atoms with van der Waals surface area (Å²) in [7, 11) is 0. The van der Waals surface area contributed by atoms with E-state index in [2.05, 4.69) is 90.0 Å². The third-order valence-electron chi connectivity index (χ3n) is 11.5. The lowest BCUT2D eigenvalue weighted by Crippen LogP contribution is -2.74. The normalized spacial score (nSPS) is 17.7. The first kappa shape index (κ1) is 44.9. The van der Waals surface area contributed by atoms with E-state index in [1.165, 1.54) is 11.8 Å². The number of carbonyl (C=O) groups is 2. The van der Waals surface area contributed by atoms with Gasteiger partial charge in [-0.15, -0.1) is 11.8 Å². The molecular formula is C55H55N2O5PS. The summed E-state index contributed by atoms with van der Waals surface area (Å²) in [5.41, 5.74) is 1.40. The smallest absolute Gasteiger partial charge is 0.356 e. The predicted molar refractivity (Wildman–Crippen MR) is 263 cm³/mol. The lowest BCUT2D eigenvalue weighted by Gasteiger charge is -2.52. The quantitative estimate of drug-likeness (QED) is 0.0386. The van der Waals surface area contributed by atoms with Crippen LogP contribution in [-0.4, -0.2) is 64.5 Å². The zero-order valence-corrected chi connectivity index (χ0v) is 38.4. The van der Waals surface area contributed by atoms with E-state index in [-0.39, 0.29) is 18.8 Å². The number of likely N-dealkylation sites (tertiary alicyclic amines) is 1. The third kappa shape index (κ3) is 9.42. The van der Waals surface area contributed by atoms with Crippen molar-refractivity contribution in [1.82, 2.24) is 10.2 Å². The maximum Gasteiger partial charge on any atom is 0.356 e. The van der Waals surface area contributed by atoms with Gasteiger partial charge in [-0.3, -0.25) is 15.0 Å². The second-order valence-corrected chi connectivity index (χ2v) is 21.3. The molecule has 0 aliphatic carbocycles. The van der Waals surface area contributed by atoms with Gasteiger partial charge in [0.2, 0.25) is 5.91 Å². The Labute approximate surface area is 382 Å². The molecule has 0 saturated carbocycles. The van der Waals surface area contributed by atoms with Crippen LogP contribution in [0.2, 0.25) is 0 Å². The van der Waals surface area contributed by atoms with Crippen molar-refractivity contribution in [3.8, 4) is 11.8 Å². The summed E-state index contributed by atoms with van der Waals surface area (Å²) in [6.07, 6.45) is 2.72. The Hall–Kier alpha value is -5.65. The van der Waals surface area contributed by atoms with E-state index in [1.54, 1.807) is 4.90 Å². The first-order valence-corrected chi connectivity index (χ1v) is 24.8. The molecule has 0 aromatic heterocycles. The van der Waals surface area contributed by atoms with Gasteiger partial charge in [-0.1, -0.05) is 194 Å². The van der Waals surface area contributed by atoms with Crippen molar-refractivity contribution in [1.29, 1.82) is 0 Å². The summed E-state index contributed by atoms with van der Waals surface area (Å²) in [4.78, 5) is 33.2. The molecule has 6 aromatic rings. The molecule has 2 saturated heterocycles. The average Bonchev–Trinajstić information content (AvgIpc) is 3.34. The van der Waals surface area contributed by atoms with E-state index < -0.39 is 35.4 Å². The zero-order valence-electron chi connectivity index (χ0n) is 36.6. The number of hydrogen-bond acceptors (Lipinski definition) is 7. The van der Waals surface area contributed by atoms with Crippen molar-refractivity contribution in [2.45, 2.75) is 68.9 Å². The number of ether oxygens (including phenoxy) is 3. The monoisotopic (exact) mass is 886 g/mol. The number of esters is 1. The number of benzene rings is 6. The molecule has 2 aliphatic rings. The molecule has 6 aromatic carbocycles. The van der Waals surface area contributed by atoms with Gasteiger partial charge in [-0.05, 0) is 72.6 Å².